The van der Waals surface area contributed by atoms with Crippen molar-refractivity contribution in [2.24, 2.45) is 10.9 Å². The van der Waals surface area contributed by atoms with Crippen LogP contribution in [0.2, 0.25) is 0 Å². The molecule has 2 rings (SSSR count). The zero-order chi connectivity index (χ0) is 18.3. The highest BCUT2D eigenvalue weighted by Crippen LogP contribution is 2.27. The Kier molecular flexibility index (Phi) is 9.37. The summed E-state index contributed by atoms with van der Waals surface area (Å²) in [5.74, 6) is 1.54. The van der Waals surface area contributed by atoms with Gasteiger partial charge in [0, 0.05) is 32.4 Å². The van der Waals surface area contributed by atoms with Crippen molar-refractivity contribution in [2.75, 3.05) is 38.0 Å². The monoisotopic (exact) mass is 486 g/mol. The highest BCUT2D eigenvalue weighted by Gasteiger charge is 2.32. The van der Waals surface area contributed by atoms with Gasteiger partial charge in [0.1, 0.15) is 5.69 Å². The van der Waals surface area contributed by atoms with Gasteiger partial charge in [-0.1, -0.05) is 6.92 Å². The van der Waals surface area contributed by atoms with E-state index in [4.69, 9.17) is 0 Å². The number of anilines is 1. The fraction of sp³-hybridized carbons (Fsp3) is 0.688. The van der Waals surface area contributed by atoms with E-state index >= 15 is 0 Å². The minimum Gasteiger partial charge on any atom is -0.357 e. The fourth-order valence-electron chi connectivity index (χ4n) is 2.58. The first kappa shape index (κ1) is 22.7. The van der Waals surface area contributed by atoms with Gasteiger partial charge in [-0.2, -0.15) is 13.2 Å². The number of piperidine rings is 1. The Labute approximate surface area is 169 Å². The number of aromatic nitrogens is 2. The normalized spacial score (nSPS) is 16.2. The number of guanidine groups is 1. The van der Waals surface area contributed by atoms with Gasteiger partial charge in [-0.05, 0) is 31.7 Å². The van der Waals surface area contributed by atoms with Gasteiger partial charge >= 0.3 is 6.18 Å². The average Bonchev–Trinajstić information content (AvgIpc) is 2.58. The summed E-state index contributed by atoms with van der Waals surface area (Å²) in [5.41, 5.74) is -0.954. The third-order valence-corrected chi connectivity index (χ3v) is 4.02. The number of halogens is 4. The summed E-state index contributed by atoms with van der Waals surface area (Å²) in [6.45, 7) is 7.76. The molecule has 2 heterocycles. The van der Waals surface area contributed by atoms with Crippen molar-refractivity contribution in [1.29, 1.82) is 0 Å². The summed E-state index contributed by atoms with van der Waals surface area (Å²) in [7, 11) is 0. The van der Waals surface area contributed by atoms with Crippen LogP contribution in [-0.4, -0.2) is 53.6 Å². The molecule has 1 fully saturated rings. The lowest BCUT2D eigenvalue weighted by Crippen LogP contribution is -2.45. The van der Waals surface area contributed by atoms with Crippen molar-refractivity contribution >= 4 is 35.9 Å². The van der Waals surface area contributed by atoms with Gasteiger partial charge in [-0.3, -0.25) is 4.99 Å². The number of hydrogen-bond acceptors (Lipinski definition) is 4. The molecule has 0 aromatic carbocycles. The molecule has 10 heteroatoms. The van der Waals surface area contributed by atoms with Gasteiger partial charge in [0.2, 0.25) is 5.95 Å². The molecule has 1 saturated heterocycles. The second-order valence-electron chi connectivity index (χ2n) is 6.10. The van der Waals surface area contributed by atoms with Gasteiger partial charge in [-0.15, -0.1) is 24.0 Å². The molecule has 1 aromatic heterocycles. The Bertz CT molecular complexity index is 573. The lowest BCUT2D eigenvalue weighted by Gasteiger charge is -2.33. The van der Waals surface area contributed by atoms with Crippen LogP contribution in [0.25, 0.3) is 0 Å². The van der Waals surface area contributed by atoms with E-state index in [-0.39, 0.29) is 29.9 Å². The zero-order valence-electron chi connectivity index (χ0n) is 15.0. The van der Waals surface area contributed by atoms with Crippen LogP contribution in [0.5, 0.6) is 0 Å². The summed E-state index contributed by atoms with van der Waals surface area (Å²) in [6.07, 6.45) is -1.09. The highest BCUT2D eigenvalue weighted by molar-refractivity contribution is 14.0. The van der Waals surface area contributed by atoms with Crippen molar-refractivity contribution < 1.29 is 13.2 Å². The van der Waals surface area contributed by atoms with Crippen LogP contribution in [-0.2, 0) is 6.18 Å². The molecule has 0 saturated carbocycles. The van der Waals surface area contributed by atoms with Crippen LogP contribution in [0.15, 0.2) is 17.3 Å². The van der Waals surface area contributed by atoms with Gasteiger partial charge in [-0.25, -0.2) is 9.97 Å². The van der Waals surface area contributed by atoms with E-state index in [1.54, 1.807) is 0 Å². The quantitative estimate of drug-likeness (QED) is 0.290. The first-order chi connectivity index (χ1) is 11.9. The standard InChI is InChI=1S/C16H25F3N6.HI/c1-3-20-15(25-10-5-12(2)6-11-25)23-9-8-22-14-21-7-4-13(24-14)16(17,18)19;/h4,7,12H,3,5-6,8-11H2,1-2H3,(H,20,23)(H,21,22,24);1H. The molecular formula is C16H26F3IN6. The third kappa shape index (κ3) is 7.12. The molecule has 2 N–H and O–H groups in total. The second-order valence-corrected chi connectivity index (χ2v) is 6.10. The lowest BCUT2D eigenvalue weighted by molar-refractivity contribution is -0.141. The fourth-order valence-corrected chi connectivity index (χ4v) is 2.58. The molecular weight excluding hydrogens is 460 g/mol. The van der Waals surface area contributed by atoms with Gasteiger partial charge < -0.3 is 15.5 Å². The van der Waals surface area contributed by atoms with Crippen molar-refractivity contribution in [1.82, 2.24) is 20.2 Å². The third-order valence-electron chi connectivity index (χ3n) is 4.02. The van der Waals surface area contributed by atoms with E-state index in [1.807, 2.05) is 6.92 Å². The summed E-state index contributed by atoms with van der Waals surface area (Å²) in [4.78, 5) is 14.0. The molecule has 1 aliphatic rings. The molecule has 0 unspecified atom stereocenters. The molecule has 0 amide bonds. The van der Waals surface area contributed by atoms with Crippen molar-refractivity contribution in [3.63, 3.8) is 0 Å². The smallest absolute Gasteiger partial charge is 0.357 e. The Morgan fingerprint density at radius 1 is 1.35 bits per heavy atom. The Morgan fingerprint density at radius 3 is 2.65 bits per heavy atom. The van der Waals surface area contributed by atoms with Crippen LogP contribution < -0.4 is 10.6 Å². The minimum absolute atomic E-state index is 0. The predicted molar refractivity (Wildman–Crippen MR) is 107 cm³/mol. The molecule has 6 nitrogen and oxygen atoms in total. The van der Waals surface area contributed by atoms with Crippen LogP contribution in [0.1, 0.15) is 32.4 Å². The molecule has 0 spiro atoms. The van der Waals surface area contributed by atoms with Gasteiger partial charge in [0.25, 0.3) is 0 Å². The van der Waals surface area contributed by atoms with E-state index in [0.717, 1.165) is 56.6 Å². The van der Waals surface area contributed by atoms with Gasteiger partial charge in [0.05, 0.1) is 6.54 Å². The summed E-state index contributed by atoms with van der Waals surface area (Å²) >= 11 is 0. The van der Waals surface area contributed by atoms with E-state index in [9.17, 15) is 13.2 Å². The number of alkyl halides is 3. The van der Waals surface area contributed by atoms with Crippen LogP contribution in [0, 0.1) is 5.92 Å². The molecule has 26 heavy (non-hydrogen) atoms. The summed E-state index contributed by atoms with van der Waals surface area (Å²) in [5, 5.41) is 6.05. The van der Waals surface area contributed by atoms with E-state index < -0.39 is 11.9 Å². The largest absolute Gasteiger partial charge is 0.433 e. The molecule has 1 aromatic rings. The summed E-state index contributed by atoms with van der Waals surface area (Å²) in [6, 6.07) is 0.851. The maximum Gasteiger partial charge on any atom is 0.433 e. The predicted octanol–water partition coefficient (Wildman–Crippen LogP) is 3.22. The average molecular weight is 486 g/mol. The van der Waals surface area contributed by atoms with Crippen molar-refractivity contribution in [3.05, 3.63) is 18.0 Å². The van der Waals surface area contributed by atoms with E-state index in [2.05, 4.69) is 37.4 Å². The molecule has 0 aliphatic carbocycles. The molecule has 0 bridgehead atoms. The molecule has 1 aliphatic heterocycles. The van der Waals surface area contributed by atoms with Gasteiger partial charge in [0.15, 0.2) is 5.96 Å². The molecule has 0 atom stereocenters. The Morgan fingerprint density at radius 2 is 2.04 bits per heavy atom. The number of hydrogen-bond donors (Lipinski definition) is 2. The first-order valence-electron chi connectivity index (χ1n) is 8.57. The number of likely N-dealkylation sites (tertiary alicyclic amines) is 1. The van der Waals surface area contributed by atoms with Crippen LogP contribution in [0.3, 0.4) is 0 Å². The second kappa shape index (κ2) is 10.7. The van der Waals surface area contributed by atoms with E-state index in [1.165, 1.54) is 0 Å². The number of rotatable bonds is 5. The maximum absolute atomic E-state index is 12.6. The molecule has 148 valence electrons. The number of nitrogens with zero attached hydrogens (tertiary/aromatic N) is 4. The highest BCUT2D eigenvalue weighted by atomic mass is 127. The topological polar surface area (TPSA) is 65.4 Å². The summed E-state index contributed by atoms with van der Waals surface area (Å²) < 4.78 is 37.9. The Balaban J connectivity index is 0.00000338. The zero-order valence-corrected chi connectivity index (χ0v) is 17.3. The Hall–Kier alpha value is -1.33. The lowest BCUT2D eigenvalue weighted by atomic mass is 10.00. The number of nitrogens with one attached hydrogen (secondary N) is 2. The van der Waals surface area contributed by atoms with Crippen LogP contribution >= 0.6 is 24.0 Å². The maximum atomic E-state index is 12.6. The van der Waals surface area contributed by atoms with E-state index in [0.29, 0.717) is 13.1 Å². The number of aliphatic imine (C=N–C) groups is 1. The SMILES string of the molecule is CCNC(=NCCNc1nccc(C(F)(F)F)n1)N1CCC(C)CC1.I. The van der Waals surface area contributed by atoms with Crippen LogP contribution in [0.4, 0.5) is 19.1 Å². The first-order valence-corrected chi connectivity index (χ1v) is 8.57. The molecule has 0 radical (unpaired) electrons. The minimum atomic E-state index is -4.47. The van der Waals surface area contributed by atoms with Crippen molar-refractivity contribution in [2.45, 2.75) is 32.9 Å². The van der Waals surface area contributed by atoms with Crippen molar-refractivity contribution in [3.8, 4) is 0 Å².